The van der Waals surface area contributed by atoms with E-state index in [9.17, 15) is 53.1 Å². The van der Waals surface area contributed by atoms with E-state index in [2.05, 4.69) is 71.1 Å². The molecule has 94 heavy (non-hydrogen) atoms. The molecule has 0 aromatic heterocycles. The average Bonchev–Trinajstić information content (AvgIpc) is 0.771. The fourth-order valence-electron chi connectivity index (χ4n) is 10.5. The summed E-state index contributed by atoms with van der Waals surface area (Å²) in [6.07, 6.45) is 3.75. The first-order chi connectivity index (χ1) is 44.4. The molecule has 32 nitrogen and oxygen atoms in total. The SMILES string of the molecule is CC[C@H](C)[C@H](NC(=O)[C@H](CCCNC(=N)N)NC(=O)[C@H](C)NC(=O)[C@H](C)NC(=O)[C@H](C)N)C(=O)N[C@@H](CC(=O)O)C(=O)N[C@@H](CCCNC(=N)N)C(=O)N[C@H](C(=O)N[C@@H](Cc1ccccc1)C(=O)N(C1CCCCC1)[C@]([C]=O)(CCCNC(=N)N)C(=O)CCS)[C@@H](C)CC. The number of carboxylic acid groups (broad SMARTS) is 1. The largest absolute Gasteiger partial charge is 0.481 e. The summed E-state index contributed by atoms with van der Waals surface area (Å²) in [6.45, 7) is 10.9. The van der Waals surface area contributed by atoms with Crippen LogP contribution in [0.2, 0.25) is 0 Å². The predicted molar refractivity (Wildman–Crippen MR) is 355 cm³/mol. The highest BCUT2D eigenvalue weighted by Gasteiger charge is 2.51. The maximum Gasteiger partial charge on any atom is 0.305 e. The van der Waals surface area contributed by atoms with Gasteiger partial charge in [0.15, 0.2) is 29.2 Å². The monoisotopic (exact) mass is 1340 g/mol. The van der Waals surface area contributed by atoms with Gasteiger partial charge in [-0.2, -0.15) is 12.6 Å². The molecule has 9 amide bonds. The summed E-state index contributed by atoms with van der Waals surface area (Å²) in [4.78, 5) is 169. The molecule has 0 heterocycles. The molecule has 1 aliphatic rings. The fourth-order valence-corrected chi connectivity index (χ4v) is 10.7. The van der Waals surface area contributed by atoms with Crippen molar-refractivity contribution in [2.45, 2.75) is 217 Å². The number of Topliss-reactive ketones (excluding diaryl/α,β-unsaturated/α-hetero) is 1. The second-order valence-corrected chi connectivity index (χ2v) is 24.2. The van der Waals surface area contributed by atoms with Crippen LogP contribution in [0.4, 0.5) is 0 Å². The topological polar surface area (TPSA) is 536 Å². The molecule has 0 saturated heterocycles. The summed E-state index contributed by atoms with van der Waals surface area (Å²) >= 11 is 4.29. The minimum absolute atomic E-state index is 0.00420. The van der Waals surface area contributed by atoms with Gasteiger partial charge >= 0.3 is 5.97 Å². The Morgan fingerprint density at radius 1 is 0.596 bits per heavy atom. The molecule has 1 fully saturated rings. The number of carbonyl (C=O) groups is 11. The van der Waals surface area contributed by atoms with Gasteiger partial charge in [0.25, 0.3) is 0 Å². The Labute approximate surface area is 555 Å². The van der Waals surface area contributed by atoms with Crippen LogP contribution in [0.1, 0.15) is 150 Å². The third-order valence-corrected chi connectivity index (χ3v) is 16.5. The zero-order valence-corrected chi connectivity index (χ0v) is 55.9. The highest BCUT2D eigenvalue weighted by Crippen LogP contribution is 2.33. The third kappa shape index (κ3) is 27.5. The lowest BCUT2D eigenvalue weighted by Gasteiger charge is -2.46. The molecule has 12 atom stereocenters. The Balaban J connectivity index is 2.66. The first-order valence-corrected chi connectivity index (χ1v) is 32.6. The van der Waals surface area contributed by atoms with E-state index < -0.39 is 155 Å². The zero-order valence-electron chi connectivity index (χ0n) is 55.0. The van der Waals surface area contributed by atoms with Crippen molar-refractivity contribution in [1.29, 1.82) is 16.2 Å². The highest BCUT2D eigenvalue weighted by molar-refractivity contribution is 7.80. The van der Waals surface area contributed by atoms with Crippen LogP contribution >= 0.6 is 12.6 Å². The van der Waals surface area contributed by atoms with Crippen LogP contribution in [-0.4, -0.2) is 190 Å². The van der Waals surface area contributed by atoms with Crippen LogP contribution in [0.25, 0.3) is 0 Å². The van der Waals surface area contributed by atoms with Crippen LogP contribution in [0.15, 0.2) is 30.3 Å². The van der Waals surface area contributed by atoms with Gasteiger partial charge in [-0.3, -0.25) is 73.8 Å². The molecular weight excluding hydrogens is 1240 g/mol. The highest BCUT2D eigenvalue weighted by atomic mass is 32.1. The number of hydrogen-bond acceptors (Lipinski definition) is 17. The number of nitrogens with zero attached hydrogens (tertiary/aromatic N) is 1. The smallest absolute Gasteiger partial charge is 0.305 e. The second kappa shape index (κ2) is 41.9. The average molecular weight is 1340 g/mol. The van der Waals surface area contributed by atoms with E-state index in [0.29, 0.717) is 31.2 Å². The van der Waals surface area contributed by atoms with Crippen LogP contribution < -0.4 is 81.4 Å². The first-order valence-electron chi connectivity index (χ1n) is 31.9. The van der Waals surface area contributed by atoms with E-state index in [1.54, 1.807) is 58.0 Å². The molecule has 1 aliphatic carbocycles. The molecule has 1 radical (unpaired) electrons. The number of carbonyl (C=O) groups excluding carboxylic acids is 11. The van der Waals surface area contributed by atoms with E-state index in [1.807, 2.05) is 6.29 Å². The number of aliphatic carboxylic acids is 1. The zero-order chi connectivity index (χ0) is 70.8. The van der Waals surface area contributed by atoms with Gasteiger partial charge in [0.1, 0.15) is 48.3 Å². The number of thiol groups is 1. The molecule has 0 unspecified atom stereocenters. The van der Waals surface area contributed by atoms with Gasteiger partial charge in [-0.25, -0.2) is 0 Å². The molecule has 1 aromatic rings. The van der Waals surface area contributed by atoms with Crippen molar-refractivity contribution in [1.82, 2.24) is 63.4 Å². The van der Waals surface area contributed by atoms with Crippen molar-refractivity contribution in [3.8, 4) is 0 Å². The first kappa shape index (κ1) is 81.5. The van der Waals surface area contributed by atoms with Crippen molar-refractivity contribution < 1.29 is 62.6 Å². The molecule has 2 rings (SSSR count). The summed E-state index contributed by atoms with van der Waals surface area (Å²) in [6, 6.07) is -4.67. The Bertz CT molecular complexity index is 2760. The lowest BCUT2D eigenvalue weighted by Crippen LogP contribution is -2.67. The van der Waals surface area contributed by atoms with Crippen LogP contribution in [0.3, 0.4) is 0 Å². The third-order valence-electron chi connectivity index (χ3n) is 16.2. The van der Waals surface area contributed by atoms with Crippen molar-refractivity contribution >= 4 is 102 Å². The number of hydrogen-bond donors (Lipinski definition) is 20. The Morgan fingerprint density at radius 3 is 1.46 bits per heavy atom. The summed E-state index contributed by atoms with van der Waals surface area (Å²) < 4.78 is 0. The van der Waals surface area contributed by atoms with E-state index >= 15 is 9.59 Å². The molecule has 1 saturated carbocycles. The Kier molecular flexibility index (Phi) is 36.3. The molecular formula is C61H102N19O13S. The standard InChI is InChI=1S/C61H102N19O13S/c1-8-34(3)47(78-52(88)41(23-16-27-69-58(63)64)74-51(87)38(7)73-50(86)37(6)72-49(85)36(5)62)55(91)76-43(32-46(83)84)54(90)75-42(24-17-28-70-59(65)66)53(89)79-48(35(4)9-2)56(92)77-44(31-39-19-12-10-13-20-39)57(93)80(40-21-14-11-15-22-40)61(33-81,45(82)25-30-94)26-18-29-71-60(67)68/h10,12-13,19-20,34-38,40-44,47-48,94H,8-9,11,14-18,21-32,62H2,1-7H3,(H,72,85)(H,73,86)(H,74,87)(H,75,90)(H,76,91)(H,77,92)(H,78,88)(H,79,89)(H,83,84)(H4,63,64,69)(H4,65,66,70)(H4,67,68,71)/t34-,35-,36-,37-,38-,41-,42-,43-,44-,47-,48-,61-/m0/s1. The Morgan fingerprint density at radius 2 is 1.02 bits per heavy atom. The lowest BCUT2D eigenvalue weighted by molar-refractivity contribution is -0.150. The summed E-state index contributed by atoms with van der Waals surface area (Å²) in [5.74, 6) is -12.7. The van der Waals surface area contributed by atoms with E-state index in [0.717, 1.165) is 6.42 Å². The van der Waals surface area contributed by atoms with E-state index in [1.165, 1.54) is 25.7 Å². The quantitative estimate of drug-likeness (QED) is 0.0108. The summed E-state index contributed by atoms with van der Waals surface area (Å²) in [7, 11) is 0. The molecule has 0 spiro atoms. The number of guanidine groups is 3. The molecule has 525 valence electrons. The maximum atomic E-state index is 15.6. The molecule has 23 N–H and O–H groups in total. The molecule has 0 aliphatic heterocycles. The molecule has 33 heteroatoms. The number of rotatable bonds is 43. The molecule has 1 aromatic carbocycles. The van der Waals surface area contributed by atoms with Gasteiger partial charge in [0.2, 0.25) is 59.5 Å². The number of nitrogens with one attached hydrogen (secondary N) is 14. The predicted octanol–water partition coefficient (Wildman–Crippen LogP) is -2.25. The second-order valence-electron chi connectivity index (χ2n) is 23.8. The van der Waals surface area contributed by atoms with Crippen LogP contribution in [0, 0.1) is 28.1 Å². The van der Waals surface area contributed by atoms with Crippen molar-refractivity contribution in [3.63, 3.8) is 0 Å². The molecule has 0 bridgehead atoms. The van der Waals surface area contributed by atoms with Gasteiger partial charge in [-0.15, -0.1) is 0 Å². The lowest BCUT2D eigenvalue weighted by atomic mass is 9.81. The van der Waals surface area contributed by atoms with Gasteiger partial charge in [-0.1, -0.05) is 90.1 Å². The number of benzene rings is 1. The minimum atomic E-state index is -2.15. The summed E-state index contributed by atoms with van der Waals surface area (Å²) in [5.41, 5.74) is 20.5. The maximum absolute atomic E-state index is 15.6. The number of carboxylic acids is 1. The fraction of sp³-hybridized carbons (Fsp3) is 0.656. The van der Waals surface area contributed by atoms with Crippen LogP contribution in [-0.2, 0) is 64.0 Å². The van der Waals surface area contributed by atoms with E-state index in [4.69, 9.17) is 39.2 Å². The van der Waals surface area contributed by atoms with Crippen molar-refractivity contribution in [2.24, 2.45) is 34.8 Å². The van der Waals surface area contributed by atoms with Crippen LogP contribution in [0.5, 0.6) is 0 Å². The normalized spacial score (nSPS) is 16.3. The van der Waals surface area contributed by atoms with Gasteiger partial charge in [0, 0.05) is 38.5 Å². The van der Waals surface area contributed by atoms with E-state index in [-0.39, 0.29) is 102 Å². The Hall–Kier alpha value is -8.62. The number of ketones is 1. The number of nitrogens with two attached hydrogens (primary N) is 4. The van der Waals surface area contributed by atoms with Crippen molar-refractivity contribution in [3.05, 3.63) is 35.9 Å². The summed E-state index contributed by atoms with van der Waals surface area (Å²) in [5, 5.41) is 61.4. The van der Waals surface area contributed by atoms with Gasteiger partial charge in [-0.05, 0) is 95.3 Å². The number of amides is 9. The van der Waals surface area contributed by atoms with Gasteiger partial charge < -0.3 is 91.4 Å². The van der Waals surface area contributed by atoms with Crippen molar-refractivity contribution in [2.75, 3.05) is 25.4 Å². The minimum Gasteiger partial charge on any atom is -0.481 e. The van der Waals surface area contributed by atoms with Gasteiger partial charge in [0.05, 0.1) is 12.5 Å².